The van der Waals surface area contributed by atoms with E-state index in [1.165, 1.54) is 10.5 Å². The number of nitrogens with two attached hydrogens (primary N) is 1. The molecular weight excluding hydrogens is 294 g/mol. The third-order valence-electron chi connectivity index (χ3n) is 3.65. The van der Waals surface area contributed by atoms with Crippen molar-refractivity contribution in [2.75, 3.05) is 38.1 Å². The highest BCUT2D eigenvalue weighted by atomic mass is 32.2. The number of nitrogens with one attached hydrogen (secondary N) is 1. The van der Waals surface area contributed by atoms with Gasteiger partial charge in [0.05, 0.1) is 25.0 Å². The number of ether oxygens (including phenoxy) is 1. The Morgan fingerprint density at radius 2 is 2.19 bits per heavy atom. The molecule has 21 heavy (non-hydrogen) atoms. The van der Waals surface area contributed by atoms with Gasteiger partial charge in [-0.2, -0.15) is 17.8 Å². The lowest BCUT2D eigenvalue weighted by Crippen LogP contribution is -2.42. The van der Waals surface area contributed by atoms with Gasteiger partial charge in [-0.05, 0) is 25.3 Å². The number of hydrogen-bond donors (Lipinski definition) is 2. The Kier molecular flexibility index (Phi) is 5.57. The molecule has 2 heterocycles. The summed E-state index contributed by atoms with van der Waals surface area (Å²) in [4.78, 5) is 0. The zero-order chi connectivity index (χ0) is 15.3. The molecule has 0 radical (unpaired) electrons. The molecule has 0 aromatic carbocycles. The van der Waals surface area contributed by atoms with E-state index < -0.39 is 10.2 Å². The second-order valence-corrected chi connectivity index (χ2v) is 6.84. The van der Waals surface area contributed by atoms with Crippen molar-refractivity contribution in [2.45, 2.75) is 19.4 Å². The van der Waals surface area contributed by atoms with Crippen LogP contribution in [0, 0.1) is 5.92 Å². The van der Waals surface area contributed by atoms with Gasteiger partial charge < -0.3 is 10.5 Å². The van der Waals surface area contributed by atoms with Gasteiger partial charge in [0.1, 0.15) is 0 Å². The molecule has 9 heteroatoms. The van der Waals surface area contributed by atoms with Crippen LogP contribution in [0.5, 0.6) is 0 Å². The number of nitrogens with zero attached hydrogens (tertiary/aromatic N) is 3. The lowest BCUT2D eigenvalue weighted by molar-refractivity contribution is 0.183. The standard InChI is InChI=1S/C12H23N5O3S/c1-20-7-6-16-10-12(9-14-16)15-21(18,19)17-4-2-11(8-13)3-5-17/h9-11,15H,2-8,13H2,1H3. The quantitative estimate of drug-likeness (QED) is 0.728. The van der Waals surface area contributed by atoms with Crippen LogP contribution >= 0.6 is 0 Å². The van der Waals surface area contributed by atoms with E-state index in [-0.39, 0.29) is 0 Å². The third-order valence-corrected chi connectivity index (χ3v) is 5.19. The molecule has 3 N–H and O–H groups in total. The summed E-state index contributed by atoms with van der Waals surface area (Å²) < 4.78 is 35.2. The molecule has 1 aliphatic heterocycles. The van der Waals surface area contributed by atoms with Crippen molar-refractivity contribution >= 4 is 15.9 Å². The third kappa shape index (κ3) is 4.40. The largest absolute Gasteiger partial charge is 0.383 e. The van der Waals surface area contributed by atoms with Crippen LogP contribution in [0.2, 0.25) is 0 Å². The molecule has 0 atom stereocenters. The number of rotatable bonds is 7. The summed E-state index contributed by atoms with van der Waals surface area (Å²) in [6, 6.07) is 0. The zero-order valence-corrected chi connectivity index (χ0v) is 13.1. The van der Waals surface area contributed by atoms with Crippen molar-refractivity contribution in [2.24, 2.45) is 11.7 Å². The highest BCUT2D eigenvalue weighted by Crippen LogP contribution is 2.20. The summed E-state index contributed by atoms with van der Waals surface area (Å²) in [5.41, 5.74) is 6.08. The summed E-state index contributed by atoms with van der Waals surface area (Å²) in [5, 5.41) is 4.08. The van der Waals surface area contributed by atoms with Gasteiger partial charge >= 0.3 is 10.2 Å². The van der Waals surface area contributed by atoms with Gasteiger partial charge in [0.25, 0.3) is 0 Å². The molecule has 0 aliphatic carbocycles. The molecule has 1 aromatic heterocycles. The van der Waals surface area contributed by atoms with Crippen molar-refractivity contribution < 1.29 is 13.2 Å². The number of methoxy groups -OCH3 is 1. The molecule has 1 fully saturated rings. The second kappa shape index (κ2) is 7.21. The Hall–Kier alpha value is -1.16. The van der Waals surface area contributed by atoms with Crippen LogP contribution in [0.1, 0.15) is 12.8 Å². The normalized spacial score (nSPS) is 18.0. The van der Waals surface area contributed by atoms with Crippen LogP contribution in [-0.2, 0) is 21.5 Å². The average molecular weight is 317 g/mol. The first-order chi connectivity index (χ1) is 10.0. The molecule has 1 aliphatic rings. The minimum absolute atomic E-state index is 0.424. The molecule has 0 spiro atoms. The van der Waals surface area contributed by atoms with Gasteiger partial charge in [-0.1, -0.05) is 0 Å². The SMILES string of the molecule is COCCn1cc(NS(=O)(=O)N2CCC(CN)CC2)cn1. The van der Waals surface area contributed by atoms with Gasteiger partial charge in [0.15, 0.2) is 0 Å². The average Bonchev–Trinajstić information content (AvgIpc) is 2.92. The van der Waals surface area contributed by atoms with Gasteiger partial charge in [-0.15, -0.1) is 0 Å². The smallest absolute Gasteiger partial charge is 0.301 e. The van der Waals surface area contributed by atoms with Crippen molar-refractivity contribution in [1.82, 2.24) is 14.1 Å². The Morgan fingerprint density at radius 1 is 1.48 bits per heavy atom. The summed E-state index contributed by atoms with van der Waals surface area (Å²) in [5.74, 6) is 0.424. The molecule has 1 saturated heterocycles. The van der Waals surface area contributed by atoms with E-state index in [1.807, 2.05) is 0 Å². The maximum Gasteiger partial charge on any atom is 0.301 e. The molecule has 0 saturated carbocycles. The predicted molar refractivity (Wildman–Crippen MR) is 80.0 cm³/mol. The fourth-order valence-corrected chi connectivity index (χ4v) is 3.55. The fraction of sp³-hybridized carbons (Fsp3) is 0.750. The van der Waals surface area contributed by atoms with Crippen LogP contribution in [0.15, 0.2) is 12.4 Å². The van der Waals surface area contributed by atoms with E-state index in [4.69, 9.17) is 10.5 Å². The van der Waals surface area contributed by atoms with Crippen molar-refractivity contribution in [3.05, 3.63) is 12.4 Å². The summed E-state index contributed by atoms with van der Waals surface area (Å²) in [6.45, 7) is 2.75. The summed E-state index contributed by atoms with van der Waals surface area (Å²) in [6.07, 6.45) is 4.78. The summed E-state index contributed by atoms with van der Waals surface area (Å²) in [7, 11) is -1.91. The van der Waals surface area contributed by atoms with E-state index in [2.05, 4.69) is 9.82 Å². The van der Waals surface area contributed by atoms with E-state index in [0.29, 0.717) is 44.4 Å². The maximum atomic E-state index is 12.3. The monoisotopic (exact) mass is 317 g/mol. The van der Waals surface area contributed by atoms with E-state index in [9.17, 15) is 8.42 Å². The van der Waals surface area contributed by atoms with Crippen molar-refractivity contribution in [1.29, 1.82) is 0 Å². The first kappa shape index (κ1) is 16.2. The van der Waals surface area contributed by atoms with Crippen LogP contribution in [0.25, 0.3) is 0 Å². The zero-order valence-electron chi connectivity index (χ0n) is 12.2. The Bertz CT molecular complexity index is 537. The highest BCUT2D eigenvalue weighted by molar-refractivity contribution is 7.90. The molecule has 120 valence electrons. The maximum absolute atomic E-state index is 12.3. The topological polar surface area (TPSA) is 102 Å². The van der Waals surface area contributed by atoms with E-state index >= 15 is 0 Å². The predicted octanol–water partition coefficient (Wildman–Crippen LogP) is -0.143. The van der Waals surface area contributed by atoms with E-state index in [1.54, 1.807) is 18.0 Å². The minimum Gasteiger partial charge on any atom is -0.383 e. The lowest BCUT2D eigenvalue weighted by Gasteiger charge is -2.30. The molecule has 0 amide bonds. The number of hydrogen-bond acceptors (Lipinski definition) is 5. The van der Waals surface area contributed by atoms with Crippen molar-refractivity contribution in [3.8, 4) is 0 Å². The van der Waals surface area contributed by atoms with Gasteiger partial charge in [-0.25, -0.2) is 0 Å². The van der Waals surface area contributed by atoms with Crippen LogP contribution < -0.4 is 10.5 Å². The van der Waals surface area contributed by atoms with Gasteiger partial charge in [0, 0.05) is 26.4 Å². The van der Waals surface area contributed by atoms with Crippen molar-refractivity contribution in [3.63, 3.8) is 0 Å². The molecular formula is C12H23N5O3S. The molecule has 8 nitrogen and oxygen atoms in total. The fourth-order valence-electron chi connectivity index (χ4n) is 2.32. The summed E-state index contributed by atoms with van der Waals surface area (Å²) >= 11 is 0. The molecule has 1 aromatic rings. The number of aromatic nitrogens is 2. The van der Waals surface area contributed by atoms with E-state index in [0.717, 1.165) is 12.8 Å². The second-order valence-electron chi connectivity index (χ2n) is 5.17. The van der Waals surface area contributed by atoms with Crippen LogP contribution in [0.3, 0.4) is 0 Å². The lowest BCUT2D eigenvalue weighted by atomic mass is 9.99. The highest BCUT2D eigenvalue weighted by Gasteiger charge is 2.27. The Labute approximate surface area is 125 Å². The van der Waals surface area contributed by atoms with Crippen LogP contribution in [-0.4, -0.2) is 55.9 Å². The van der Waals surface area contributed by atoms with Crippen LogP contribution in [0.4, 0.5) is 5.69 Å². The molecule has 0 unspecified atom stereocenters. The molecule has 2 rings (SSSR count). The Morgan fingerprint density at radius 3 is 2.81 bits per heavy atom. The first-order valence-corrected chi connectivity index (χ1v) is 8.48. The number of piperidine rings is 1. The minimum atomic E-state index is -3.52. The van der Waals surface area contributed by atoms with Gasteiger partial charge in [0.2, 0.25) is 0 Å². The molecule has 0 bridgehead atoms. The Balaban J connectivity index is 1.93. The number of anilines is 1. The van der Waals surface area contributed by atoms with Gasteiger partial charge in [-0.3, -0.25) is 9.40 Å². The first-order valence-electron chi connectivity index (χ1n) is 7.04.